The van der Waals surface area contributed by atoms with Gasteiger partial charge < -0.3 is 25.0 Å². The first-order chi connectivity index (χ1) is 18.0. The van der Waals surface area contributed by atoms with Crippen LogP contribution in [0.2, 0.25) is 5.28 Å². The minimum absolute atomic E-state index is 0.0374. The monoisotopic (exact) mass is 520 g/mol. The third-order valence-electron chi connectivity index (χ3n) is 6.03. The number of rotatable bonds is 10. The molecule has 10 nitrogen and oxygen atoms in total. The van der Waals surface area contributed by atoms with Crippen molar-refractivity contribution in [1.29, 1.82) is 0 Å². The number of aromatic nitrogens is 4. The molecule has 0 aliphatic heterocycles. The van der Waals surface area contributed by atoms with Crippen LogP contribution in [0.25, 0.3) is 11.2 Å². The summed E-state index contributed by atoms with van der Waals surface area (Å²) in [4.78, 5) is 43.8. The summed E-state index contributed by atoms with van der Waals surface area (Å²) < 4.78 is 5.53. The number of halogens is 1. The smallest absolute Gasteiger partial charge is 0.329 e. The van der Waals surface area contributed by atoms with Crippen molar-refractivity contribution < 1.29 is 19.4 Å². The number of imidazole rings is 1. The molecule has 1 aliphatic carbocycles. The number of hydrogen-bond acceptors (Lipinski definition) is 8. The summed E-state index contributed by atoms with van der Waals surface area (Å²) in [6, 6.07) is 15.0. The van der Waals surface area contributed by atoms with Crippen molar-refractivity contribution in [3.63, 3.8) is 0 Å². The van der Waals surface area contributed by atoms with Crippen molar-refractivity contribution in [2.45, 2.75) is 38.0 Å². The van der Waals surface area contributed by atoms with Gasteiger partial charge in [-0.15, -0.1) is 0 Å². The number of aromatic amines is 1. The molecule has 0 spiro atoms. The number of hydrogen-bond donors (Lipinski definition) is 3. The third kappa shape index (κ3) is 6.15. The van der Waals surface area contributed by atoms with Gasteiger partial charge in [-0.05, 0) is 47.7 Å². The number of nitrogens with zero attached hydrogens (tertiary/aromatic N) is 4. The predicted molar refractivity (Wildman–Crippen MR) is 137 cm³/mol. The van der Waals surface area contributed by atoms with Gasteiger partial charge >= 0.3 is 5.97 Å². The molecule has 0 saturated heterocycles. The van der Waals surface area contributed by atoms with Gasteiger partial charge in [0.05, 0.1) is 12.9 Å². The zero-order chi connectivity index (χ0) is 25.8. The van der Waals surface area contributed by atoms with E-state index in [4.69, 9.17) is 16.3 Å². The summed E-state index contributed by atoms with van der Waals surface area (Å²) in [6.07, 6.45) is 3.51. The number of nitrogens with one attached hydrogen (secondary N) is 2. The fourth-order valence-corrected chi connectivity index (χ4v) is 4.21. The van der Waals surface area contributed by atoms with E-state index in [0.717, 1.165) is 24.0 Å². The molecule has 1 fully saturated rings. The van der Waals surface area contributed by atoms with Gasteiger partial charge in [-0.3, -0.25) is 4.79 Å². The zero-order valence-electron chi connectivity index (χ0n) is 19.8. The van der Waals surface area contributed by atoms with Crippen LogP contribution in [0.4, 0.5) is 5.82 Å². The van der Waals surface area contributed by atoms with Crippen molar-refractivity contribution >= 4 is 40.5 Å². The number of carbonyl (C=O) groups excluding carboxylic acids is 2. The quantitative estimate of drug-likeness (QED) is 0.214. The Morgan fingerprint density at radius 3 is 2.59 bits per heavy atom. The summed E-state index contributed by atoms with van der Waals surface area (Å²) in [5, 5.41) is 12.5. The Balaban J connectivity index is 1.32. The second-order valence-electron chi connectivity index (χ2n) is 8.86. The van der Waals surface area contributed by atoms with Crippen LogP contribution in [0.1, 0.15) is 24.0 Å². The average Bonchev–Trinajstić information content (AvgIpc) is 3.63. The molecule has 2 aromatic heterocycles. The fraction of sp³-hybridized carbons (Fsp3) is 0.269. The first-order valence-electron chi connectivity index (χ1n) is 11.9. The maximum atomic E-state index is 13.2. The Morgan fingerprint density at radius 2 is 1.86 bits per heavy atom. The van der Waals surface area contributed by atoms with Gasteiger partial charge in [-0.1, -0.05) is 42.5 Å². The highest BCUT2D eigenvalue weighted by Crippen LogP contribution is 2.33. The zero-order valence-corrected chi connectivity index (χ0v) is 20.6. The molecular weight excluding hydrogens is 496 g/mol. The number of ether oxygens (including phenoxy) is 1. The van der Waals surface area contributed by atoms with Crippen molar-refractivity contribution in [3.05, 3.63) is 77.3 Å². The number of esters is 1. The topological polar surface area (TPSA) is 133 Å². The maximum absolute atomic E-state index is 13.2. The number of benzene rings is 2. The predicted octanol–water partition coefficient (Wildman–Crippen LogP) is 3.15. The maximum Gasteiger partial charge on any atom is 0.329 e. The van der Waals surface area contributed by atoms with E-state index < -0.39 is 12.0 Å². The molecule has 37 heavy (non-hydrogen) atoms. The first-order valence-corrected chi connectivity index (χ1v) is 12.2. The van der Waals surface area contributed by atoms with Crippen molar-refractivity contribution in [2.24, 2.45) is 0 Å². The van der Waals surface area contributed by atoms with Gasteiger partial charge in [-0.25, -0.2) is 9.78 Å². The molecule has 4 aromatic rings. The number of amides is 1. The molecule has 2 aromatic carbocycles. The largest absolute Gasteiger partial charge is 0.508 e. The van der Waals surface area contributed by atoms with E-state index in [-0.39, 0.29) is 42.6 Å². The summed E-state index contributed by atoms with van der Waals surface area (Å²) in [7, 11) is 0. The Labute approximate surface area is 217 Å². The molecule has 190 valence electrons. The number of H-pyrrole nitrogens is 1. The van der Waals surface area contributed by atoms with E-state index in [2.05, 4.69) is 25.3 Å². The fourth-order valence-electron chi connectivity index (χ4n) is 4.05. The lowest BCUT2D eigenvalue weighted by molar-refractivity contribution is -0.149. The van der Waals surface area contributed by atoms with Gasteiger partial charge in [-0.2, -0.15) is 9.97 Å². The lowest BCUT2D eigenvalue weighted by Crippen LogP contribution is -2.48. The van der Waals surface area contributed by atoms with Crippen LogP contribution in [0.15, 0.2) is 60.9 Å². The second-order valence-corrected chi connectivity index (χ2v) is 9.20. The number of carbonyl (C=O) groups is 2. The van der Waals surface area contributed by atoms with Crippen LogP contribution >= 0.6 is 11.6 Å². The van der Waals surface area contributed by atoms with Crippen LogP contribution in [-0.4, -0.2) is 55.5 Å². The van der Waals surface area contributed by atoms with Crippen molar-refractivity contribution in [1.82, 2.24) is 25.3 Å². The van der Waals surface area contributed by atoms with Gasteiger partial charge in [0.25, 0.3) is 0 Å². The highest BCUT2D eigenvalue weighted by molar-refractivity contribution is 6.28. The molecule has 3 N–H and O–H groups in total. The molecule has 2 heterocycles. The molecule has 5 rings (SSSR count). The van der Waals surface area contributed by atoms with Crippen LogP contribution in [-0.2, 0) is 27.4 Å². The van der Waals surface area contributed by atoms with Gasteiger partial charge in [0.2, 0.25) is 11.2 Å². The molecule has 0 bridgehead atoms. The molecule has 1 amide bonds. The van der Waals surface area contributed by atoms with E-state index in [9.17, 15) is 14.7 Å². The first kappa shape index (κ1) is 24.5. The minimum atomic E-state index is -0.928. The van der Waals surface area contributed by atoms with Crippen molar-refractivity contribution in [2.75, 3.05) is 11.4 Å². The Bertz CT molecular complexity index is 1390. The highest BCUT2D eigenvalue weighted by atomic mass is 35.5. The van der Waals surface area contributed by atoms with E-state index in [1.165, 1.54) is 18.5 Å². The van der Waals surface area contributed by atoms with Crippen LogP contribution < -0.4 is 10.2 Å². The van der Waals surface area contributed by atoms with Gasteiger partial charge in [0, 0.05) is 12.5 Å². The Kier molecular flexibility index (Phi) is 7.18. The van der Waals surface area contributed by atoms with E-state index in [1.54, 1.807) is 12.1 Å². The third-order valence-corrected chi connectivity index (χ3v) is 6.20. The van der Waals surface area contributed by atoms with Crippen molar-refractivity contribution in [3.8, 4) is 5.75 Å². The highest BCUT2D eigenvalue weighted by Gasteiger charge is 2.34. The molecule has 0 unspecified atom stereocenters. The second kappa shape index (κ2) is 10.8. The average molecular weight is 521 g/mol. The SMILES string of the molecule is O=C(CN(c1nc(Cl)nc2nc[nH]c12)C1CC1)N[C@@H](Cc1ccc(O)cc1)C(=O)OCc1ccccc1. The lowest BCUT2D eigenvalue weighted by Gasteiger charge is -2.25. The molecule has 1 atom stereocenters. The van der Waals surface area contributed by atoms with Gasteiger partial charge in [0.1, 0.15) is 23.9 Å². The summed E-state index contributed by atoms with van der Waals surface area (Å²) >= 11 is 6.12. The Hall–Kier alpha value is -4.18. The summed E-state index contributed by atoms with van der Waals surface area (Å²) in [5.41, 5.74) is 2.61. The number of phenolic OH excluding ortho intramolecular Hbond substituents is 1. The van der Waals surface area contributed by atoms with E-state index >= 15 is 0 Å². The molecule has 1 aliphatic rings. The van der Waals surface area contributed by atoms with Crippen LogP contribution in [0.5, 0.6) is 5.75 Å². The van der Waals surface area contributed by atoms with Crippen LogP contribution in [0.3, 0.4) is 0 Å². The molecular formula is C26H25ClN6O4. The number of aromatic hydroxyl groups is 1. The summed E-state index contributed by atoms with van der Waals surface area (Å²) in [6.45, 7) is 0.0528. The number of anilines is 1. The van der Waals surface area contributed by atoms with Gasteiger partial charge in [0.15, 0.2) is 11.5 Å². The number of fused-ring (bicyclic) bond motifs is 1. The molecule has 0 radical (unpaired) electrons. The number of phenols is 1. The standard InChI is InChI=1S/C26H25ClN6O4/c27-26-31-23-22(28-15-29-23)24(32-26)33(18-8-9-18)13-21(35)30-20(12-16-6-10-19(34)11-7-16)25(36)37-14-17-4-2-1-3-5-17/h1-7,10-11,15,18,20,34H,8-9,12-14H2,(H,30,35)(H,28,29,31,32)/t20-/m0/s1. The normalized spacial score (nSPS) is 13.8. The van der Waals surface area contributed by atoms with E-state index in [1.807, 2.05) is 35.2 Å². The molecule has 1 saturated carbocycles. The Morgan fingerprint density at radius 1 is 1.11 bits per heavy atom. The summed E-state index contributed by atoms with van der Waals surface area (Å²) in [5.74, 6) is -0.310. The lowest BCUT2D eigenvalue weighted by atomic mass is 10.1. The van der Waals surface area contributed by atoms with Crippen LogP contribution in [0, 0.1) is 0 Å². The van der Waals surface area contributed by atoms with E-state index in [0.29, 0.717) is 17.0 Å². The molecule has 11 heteroatoms. The minimum Gasteiger partial charge on any atom is -0.508 e.